The van der Waals surface area contributed by atoms with Gasteiger partial charge in [-0.15, -0.1) is 11.3 Å². The highest BCUT2D eigenvalue weighted by molar-refractivity contribution is 7.09. The quantitative estimate of drug-likeness (QED) is 0.816. The van der Waals surface area contributed by atoms with E-state index in [1.807, 2.05) is 17.5 Å². The second kappa shape index (κ2) is 5.43. The smallest absolute Gasteiger partial charge is 0.321 e. The van der Waals surface area contributed by atoms with Gasteiger partial charge >= 0.3 is 5.97 Å². The minimum Gasteiger partial charge on any atom is -0.480 e. The number of carboxylic acids is 1. The van der Waals surface area contributed by atoms with E-state index in [4.69, 9.17) is 9.84 Å². The normalized spacial score (nSPS) is 22.1. The van der Waals surface area contributed by atoms with E-state index in [0.29, 0.717) is 19.8 Å². The van der Waals surface area contributed by atoms with E-state index in [-0.39, 0.29) is 5.92 Å². The molecule has 2 rings (SSSR count). The van der Waals surface area contributed by atoms with Gasteiger partial charge in [-0.1, -0.05) is 6.07 Å². The summed E-state index contributed by atoms with van der Waals surface area (Å²) in [6, 6.07) is 3.47. The second-order valence-corrected chi connectivity index (χ2v) is 4.93. The Balaban J connectivity index is 1.90. The van der Waals surface area contributed by atoms with E-state index in [2.05, 4.69) is 5.32 Å². The average molecular weight is 241 g/mol. The molecule has 2 N–H and O–H groups in total. The minimum absolute atomic E-state index is 0.0949. The van der Waals surface area contributed by atoms with Gasteiger partial charge in [-0.05, 0) is 17.9 Å². The van der Waals surface area contributed by atoms with Crippen molar-refractivity contribution in [2.45, 2.75) is 19.0 Å². The standard InChI is InChI=1S/C11H15NO3S/c13-11(14)10(8-3-4-15-7-8)12-6-9-2-1-5-16-9/h1-2,5,8,10,12H,3-4,6-7H2,(H,13,14). The molecule has 1 fully saturated rings. The van der Waals surface area contributed by atoms with Crippen molar-refractivity contribution in [3.63, 3.8) is 0 Å². The molecule has 1 aromatic rings. The molecule has 0 saturated carbocycles. The third-order valence-electron chi connectivity index (χ3n) is 2.78. The topological polar surface area (TPSA) is 58.6 Å². The SMILES string of the molecule is O=C(O)C(NCc1cccs1)C1CCOC1. The lowest BCUT2D eigenvalue weighted by molar-refractivity contribution is -0.141. The van der Waals surface area contributed by atoms with Crippen LogP contribution in [0.5, 0.6) is 0 Å². The van der Waals surface area contributed by atoms with Gasteiger partial charge in [0.05, 0.1) is 6.61 Å². The molecule has 1 saturated heterocycles. The van der Waals surface area contributed by atoms with Crippen molar-refractivity contribution in [1.82, 2.24) is 5.32 Å². The van der Waals surface area contributed by atoms with Crippen LogP contribution in [-0.4, -0.2) is 30.3 Å². The van der Waals surface area contributed by atoms with Crippen LogP contribution in [0.25, 0.3) is 0 Å². The van der Waals surface area contributed by atoms with Crippen LogP contribution in [0.3, 0.4) is 0 Å². The number of rotatable bonds is 5. The Kier molecular flexibility index (Phi) is 3.93. The van der Waals surface area contributed by atoms with Gasteiger partial charge in [0, 0.05) is 23.9 Å². The Bertz CT molecular complexity index is 333. The predicted molar refractivity (Wildman–Crippen MR) is 61.5 cm³/mol. The maximum atomic E-state index is 11.1. The van der Waals surface area contributed by atoms with Gasteiger partial charge < -0.3 is 9.84 Å². The first-order valence-corrected chi connectivity index (χ1v) is 6.21. The van der Waals surface area contributed by atoms with Crippen molar-refractivity contribution in [2.24, 2.45) is 5.92 Å². The first-order chi connectivity index (χ1) is 7.77. The molecular formula is C11H15NO3S. The molecule has 1 aromatic heterocycles. The number of hydrogen-bond acceptors (Lipinski definition) is 4. The Morgan fingerprint density at radius 2 is 2.62 bits per heavy atom. The van der Waals surface area contributed by atoms with Crippen molar-refractivity contribution in [2.75, 3.05) is 13.2 Å². The number of carboxylic acid groups (broad SMARTS) is 1. The fourth-order valence-corrected chi connectivity index (χ4v) is 2.55. The lowest BCUT2D eigenvalue weighted by Gasteiger charge is -2.19. The van der Waals surface area contributed by atoms with Gasteiger partial charge in [0.1, 0.15) is 6.04 Å². The Hall–Kier alpha value is -0.910. The van der Waals surface area contributed by atoms with Crippen molar-refractivity contribution in [3.8, 4) is 0 Å². The van der Waals surface area contributed by atoms with E-state index in [0.717, 1.165) is 11.3 Å². The maximum absolute atomic E-state index is 11.1. The zero-order chi connectivity index (χ0) is 11.4. The highest BCUT2D eigenvalue weighted by atomic mass is 32.1. The Morgan fingerprint density at radius 3 is 3.19 bits per heavy atom. The van der Waals surface area contributed by atoms with E-state index >= 15 is 0 Å². The molecule has 0 amide bonds. The zero-order valence-corrected chi connectivity index (χ0v) is 9.70. The number of hydrogen-bond donors (Lipinski definition) is 2. The molecule has 1 aliphatic rings. The predicted octanol–water partition coefficient (Wildman–Crippen LogP) is 1.33. The molecule has 0 spiro atoms. The Morgan fingerprint density at radius 1 is 1.75 bits per heavy atom. The summed E-state index contributed by atoms with van der Waals surface area (Å²) in [7, 11) is 0. The zero-order valence-electron chi connectivity index (χ0n) is 8.89. The van der Waals surface area contributed by atoms with Gasteiger partial charge in [0.25, 0.3) is 0 Å². The molecule has 2 unspecified atom stereocenters. The highest BCUT2D eigenvalue weighted by Gasteiger charge is 2.30. The largest absolute Gasteiger partial charge is 0.480 e. The van der Waals surface area contributed by atoms with Crippen molar-refractivity contribution in [1.29, 1.82) is 0 Å². The number of thiophene rings is 1. The first kappa shape index (κ1) is 11.6. The molecule has 5 heteroatoms. The van der Waals surface area contributed by atoms with Crippen LogP contribution in [0.2, 0.25) is 0 Å². The average Bonchev–Trinajstić information content (AvgIpc) is 2.88. The molecule has 0 radical (unpaired) electrons. The fourth-order valence-electron chi connectivity index (χ4n) is 1.89. The summed E-state index contributed by atoms with van der Waals surface area (Å²) in [5.41, 5.74) is 0. The number of aliphatic carboxylic acids is 1. The lowest BCUT2D eigenvalue weighted by Crippen LogP contribution is -2.42. The fraction of sp³-hybridized carbons (Fsp3) is 0.545. The maximum Gasteiger partial charge on any atom is 0.321 e. The number of nitrogens with one attached hydrogen (secondary N) is 1. The minimum atomic E-state index is -0.785. The van der Waals surface area contributed by atoms with Crippen LogP contribution < -0.4 is 5.32 Å². The summed E-state index contributed by atoms with van der Waals surface area (Å²) in [4.78, 5) is 12.3. The molecule has 0 bridgehead atoms. The van der Waals surface area contributed by atoms with Gasteiger partial charge in [-0.3, -0.25) is 10.1 Å². The van der Waals surface area contributed by atoms with E-state index in [1.54, 1.807) is 11.3 Å². The van der Waals surface area contributed by atoms with Gasteiger partial charge in [0.15, 0.2) is 0 Å². The third kappa shape index (κ3) is 2.81. The summed E-state index contributed by atoms with van der Waals surface area (Å²) in [5, 5.41) is 14.2. The van der Waals surface area contributed by atoms with Crippen LogP contribution in [0.1, 0.15) is 11.3 Å². The van der Waals surface area contributed by atoms with Crippen molar-refractivity contribution >= 4 is 17.3 Å². The summed E-state index contributed by atoms with van der Waals surface area (Å²) < 4.78 is 5.22. The molecule has 1 aliphatic heterocycles. The van der Waals surface area contributed by atoms with Crippen LogP contribution in [-0.2, 0) is 16.1 Å². The van der Waals surface area contributed by atoms with Crippen molar-refractivity contribution < 1.29 is 14.6 Å². The van der Waals surface area contributed by atoms with Gasteiger partial charge in [-0.25, -0.2) is 0 Å². The van der Waals surface area contributed by atoms with Crippen LogP contribution in [0.4, 0.5) is 0 Å². The van der Waals surface area contributed by atoms with Gasteiger partial charge in [0.2, 0.25) is 0 Å². The third-order valence-corrected chi connectivity index (χ3v) is 3.66. The lowest BCUT2D eigenvalue weighted by atomic mass is 9.99. The molecule has 88 valence electrons. The van der Waals surface area contributed by atoms with Crippen LogP contribution in [0, 0.1) is 5.92 Å². The molecule has 0 aliphatic carbocycles. The molecule has 2 atom stereocenters. The van der Waals surface area contributed by atoms with E-state index < -0.39 is 12.0 Å². The van der Waals surface area contributed by atoms with Crippen LogP contribution in [0.15, 0.2) is 17.5 Å². The molecule has 2 heterocycles. The van der Waals surface area contributed by atoms with E-state index in [9.17, 15) is 4.79 Å². The molecular weight excluding hydrogens is 226 g/mol. The van der Waals surface area contributed by atoms with Gasteiger partial charge in [-0.2, -0.15) is 0 Å². The highest BCUT2D eigenvalue weighted by Crippen LogP contribution is 2.18. The molecule has 0 aromatic carbocycles. The van der Waals surface area contributed by atoms with Crippen LogP contribution >= 0.6 is 11.3 Å². The molecule has 16 heavy (non-hydrogen) atoms. The monoisotopic (exact) mass is 241 g/mol. The second-order valence-electron chi connectivity index (χ2n) is 3.90. The summed E-state index contributed by atoms with van der Waals surface area (Å²) in [6.45, 7) is 1.84. The molecule has 4 nitrogen and oxygen atoms in total. The number of ether oxygens (including phenoxy) is 1. The summed E-state index contributed by atoms with van der Waals surface area (Å²) in [5.74, 6) is -0.690. The first-order valence-electron chi connectivity index (χ1n) is 5.33. The van der Waals surface area contributed by atoms with E-state index in [1.165, 1.54) is 0 Å². The van der Waals surface area contributed by atoms with Crippen molar-refractivity contribution in [3.05, 3.63) is 22.4 Å². The number of carbonyl (C=O) groups is 1. The Labute approximate surface area is 98.2 Å². The summed E-state index contributed by atoms with van der Waals surface area (Å²) in [6.07, 6.45) is 0.828. The summed E-state index contributed by atoms with van der Waals surface area (Å²) >= 11 is 1.63.